The molecule has 0 unspecified atom stereocenters. The lowest BCUT2D eigenvalue weighted by Gasteiger charge is -2.03. The van der Waals surface area contributed by atoms with Gasteiger partial charge in [0.1, 0.15) is 22.5 Å². The molecule has 0 aliphatic rings. The van der Waals surface area contributed by atoms with Crippen molar-refractivity contribution in [2.75, 3.05) is 0 Å². The lowest BCUT2D eigenvalue weighted by Crippen LogP contribution is -1.79. The van der Waals surface area contributed by atoms with Crippen molar-refractivity contribution in [3.8, 4) is 0 Å². The van der Waals surface area contributed by atoms with Crippen molar-refractivity contribution in [1.82, 2.24) is 0 Å². The zero-order chi connectivity index (χ0) is 20.0. The van der Waals surface area contributed by atoms with Crippen LogP contribution < -0.4 is 0 Å². The third-order valence-corrected chi connectivity index (χ3v) is 6.15. The first-order valence-electron chi connectivity index (χ1n) is 9.55. The second-order valence-corrected chi connectivity index (χ2v) is 8.33. The molecule has 2 nitrogen and oxygen atoms in total. The predicted molar refractivity (Wildman–Crippen MR) is 123 cm³/mol. The van der Waals surface area contributed by atoms with Gasteiger partial charge in [-0.2, -0.15) is 0 Å². The Labute approximate surface area is 173 Å². The zero-order valence-electron chi connectivity index (χ0n) is 16.4. The van der Waals surface area contributed by atoms with Crippen LogP contribution in [0, 0.1) is 13.8 Å². The standard InChI is InChI=1S/C26H20O2S/c1-4-18(14-21-17(3)27-25-11-9-16(2)13-22(21)25)29-19-10-12-26-23(15-19)20-7-5-6-8-24(20)28-26/h4-15H,1H2,2-3H3/b18-14+. The summed E-state index contributed by atoms with van der Waals surface area (Å²) in [4.78, 5) is 2.22. The summed E-state index contributed by atoms with van der Waals surface area (Å²) in [7, 11) is 0. The van der Waals surface area contributed by atoms with Gasteiger partial charge in [-0.25, -0.2) is 0 Å². The third-order valence-electron chi connectivity index (χ3n) is 5.14. The van der Waals surface area contributed by atoms with E-state index in [2.05, 4.69) is 49.9 Å². The summed E-state index contributed by atoms with van der Waals surface area (Å²) in [5, 5.41) is 3.41. The number of rotatable bonds is 4. The van der Waals surface area contributed by atoms with Crippen LogP contribution in [-0.2, 0) is 0 Å². The average Bonchev–Trinajstić information content (AvgIpc) is 3.24. The van der Waals surface area contributed by atoms with Gasteiger partial charge >= 0.3 is 0 Å². The van der Waals surface area contributed by atoms with Crippen molar-refractivity contribution in [2.45, 2.75) is 18.7 Å². The van der Waals surface area contributed by atoms with Gasteiger partial charge < -0.3 is 8.83 Å². The summed E-state index contributed by atoms with van der Waals surface area (Å²) in [6.07, 6.45) is 4.06. The molecular weight excluding hydrogens is 376 g/mol. The number of hydrogen-bond acceptors (Lipinski definition) is 3. The molecule has 0 radical (unpaired) electrons. The molecular formula is C26H20O2S. The first-order chi connectivity index (χ1) is 14.1. The Balaban J connectivity index is 1.56. The molecule has 0 N–H and O–H groups in total. The number of fused-ring (bicyclic) bond motifs is 4. The van der Waals surface area contributed by atoms with E-state index < -0.39 is 0 Å². The SMILES string of the molecule is C=C/C(=C\c1c(C)oc2ccc(C)cc12)Sc1ccc2oc3ccccc3c2c1. The molecule has 142 valence electrons. The fraction of sp³-hybridized carbons (Fsp3) is 0.0769. The van der Waals surface area contributed by atoms with Crippen molar-refractivity contribution in [2.24, 2.45) is 0 Å². The predicted octanol–water partition coefficient (Wildman–Crippen LogP) is 8.27. The summed E-state index contributed by atoms with van der Waals surface area (Å²) < 4.78 is 11.9. The molecule has 2 heterocycles. The van der Waals surface area contributed by atoms with Gasteiger partial charge in [0.2, 0.25) is 0 Å². The van der Waals surface area contributed by atoms with Crippen LogP contribution in [0.2, 0.25) is 0 Å². The molecule has 0 amide bonds. The van der Waals surface area contributed by atoms with E-state index in [1.165, 1.54) is 5.56 Å². The summed E-state index contributed by atoms with van der Waals surface area (Å²) in [5.41, 5.74) is 5.07. The summed E-state index contributed by atoms with van der Waals surface area (Å²) in [5.74, 6) is 0.918. The van der Waals surface area contributed by atoms with Gasteiger partial charge in [0.15, 0.2) is 0 Å². The van der Waals surface area contributed by atoms with E-state index in [4.69, 9.17) is 8.83 Å². The van der Waals surface area contributed by atoms with Crippen molar-refractivity contribution in [3.05, 3.63) is 95.1 Å². The number of hydrogen-bond donors (Lipinski definition) is 0. The van der Waals surface area contributed by atoms with Gasteiger partial charge in [0, 0.05) is 31.5 Å². The molecule has 5 rings (SSSR count). The second kappa shape index (κ2) is 7.02. The largest absolute Gasteiger partial charge is 0.461 e. The van der Waals surface area contributed by atoms with Crippen molar-refractivity contribution in [1.29, 1.82) is 0 Å². The Kier molecular flexibility index (Phi) is 4.33. The number of benzene rings is 3. The summed E-state index contributed by atoms with van der Waals surface area (Å²) in [6, 6.07) is 20.8. The minimum absolute atomic E-state index is 0.909. The van der Waals surface area contributed by atoms with Crippen LogP contribution in [0.15, 0.2) is 92.0 Å². The Morgan fingerprint density at radius 1 is 0.828 bits per heavy atom. The zero-order valence-corrected chi connectivity index (χ0v) is 17.2. The molecule has 0 aliphatic heterocycles. The average molecular weight is 397 g/mol. The third kappa shape index (κ3) is 3.18. The molecule has 0 aliphatic carbocycles. The highest BCUT2D eigenvalue weighted by atomic mass is 32.2. The van der Waals surface area contributed by atoms with Crippen LogP contribution in [-0.4, -0.2) is 0 Å². The molecule has 3 aromatic carbocycles. The van der Waals surface area contributed by atoms with Crippen LogP contribution in [0.4, 0.5) is 0 Å². The molecule has 2 aromatic heterocycles. The maximum absolute atomic E-state index is 5.94. The van der Waals surface area contributed by atoms with Crippen LogP contribution in [0.25, 0.3) is 39.0 Å². The summed E-state index contributed by atoms with van der Waals surface area (Å²) >= 11 is 1.69. The number of aryl methyl sites for hydroxylation is 2. The normalized spacial score (nSPS) is 12.3. The van der Waals surface area contributed by atoms with E-state index in [0.29, 0.717) is 0 Å². The Bertz CT molecular complexity index is 1420. The van der Waals surface area contributed by atoms with Crippen molar-refractivity contribution in [3.63, 3.8) is 0 Å². The van der Waals surface area contributed by atoms with Gasteiger partial charge in [-0.15, -0.1) is 0 Å². The first-order valence-corrected chi connectivity index (χ1v) is 10.4. The minimum Gasteiger partial charge on any atom is -0.461 e. The Morgan fingerprint density at radius 2 is 1.59 bits per heavy atom. The topological polar surface area (TPSA) is 26.3 Å². The molecule has 0 fully saturated rings. The quantitative estimate of drug-likeness (QED) is 0.226. The van der Waals surface area contributed by atoms with Crippen LogP contribution in [0.1, 0.15) is 16.9 Å². The molecule has 0 saturated carbocycles. The fourth-order valence-electron chi connectivity index (χ4n) is 3.71. The fourth-order valence-corrected chi connectivity index (χ4v) is 4.55. The van der Waals surface area contributed by atoms with E-state index in [0.717, 1.165) is 54.0 Å². The van der Waals surface area contributed by atoms with E-state index in [1.807, 2.05) is 43.3 Å². The highest BCUT2D eigenvalue weighted by Gasteiger charge is 2.11. The lowest BCUT2D eigenvalue weighted by atomic mass is 10.1. The van der Waals surface area contributed by atoms with Crippen LogP contribution in [0.5, 0.6) is 0 Å². The molecule has 0 saturated heterocycles. The van der Waals surface area contributed by atoms with Gasteiger partial charge in [0.25, 0.3) is 0 Å². The molecule has 29 heavy (non-hydrogen) atoms. The number of furan rings is 2. The summed E-state index contributed by atoms with van der Waals surface area (Å²) in [6.45, 7) is 8.14. The number of para-hydroxylation sites is 1. The number of thioether (sulfide) groups is 1. The van der Waals surface area contributed by atoms with Crippen LogP contribution >= 0.6 is 11.8 Å². The van der Waals surface area contributed by atoms with Gasteiger partial charge in [0.05, 0.1) is 0 Å². The van der Waals surface area contributed by atoms with Gasteiger partial charge in [-0.1, -0.05) is 54.2 Å². The molecule has 0 atom stereocenters. The molecule has 0 bridgehead atoms. The van der Waals surface area contributed by atoms with E-state index in [1.54, 1.807) is 11.8 Å². The van der Waals surface area contributed by atoms with E-state index >= 15 is 0 Å². The molecule has 0 spiro atoms. The minimum atomic E-state index is 0.909. The van der Waals surface area contributed by atoms with E-state index in [-0.39, 0.29) is 0 Å². The molecule has 5 aromatic rings. The van der Waals surface area contributed by atoms with Gasteiger partial charge in [-0.05, 0) is 56.3 Å². The second-order valence-electron chi connectivity index (χ2n) is 7.18. The Hall–Kier alpha value is -3.17. The first kappa shape index (κ1) is 17.9. The lowest BCUT2D eigenvalue weighted by molar-refractivity contribution is 0.577. The Morgan fingerprint density at radius 3 is 2.45 bits per heavy atom. The van der Waals surface area contributed by atoms with Crippen molar-refractivity contribution >= 4 is 50.7 Å². The van der Waals surface area contributed by atoms with Crippen molar-refractivity contribution < 1.29 is 8.83 Å². The van der Waals surface area contributed by atoms with E-state index in [9.17, 15) is 0 Å². The monoisotopic (exact) mass is 396 g/mol. The highest BCUT2D eigenvalue weighted by molar-refractivity contribution is 8.03. The maximum Gasteiger partial charge on any atom is 0.135 e. The smallest absolute Gasteiger partial charge is 0.135 e. The van der Waals surface area contributed by atoms with Gasteiger partial charge in [-0.3, -0.25) is 0 Å². The van der Waals surface area contributed by atoms with Crippen LogP contribution in [0.3, 0.4) is 0 Å². The number of allylic oxidation sites excluding steroid dienone is 1. The highest BCUT2D eigenvalue weighted by Crippen LogP contribution is 2.37. The maximum atomic E-state index is 5.94. The molecule has 3 heteroatoms.